The second kappa shape index (κ2) is 9.87. The van der Waals surface area contributed by atoms with Gasteiger partial charge in [0.25, 0.3) is 5.91 Å². The number of rotatable bonds is 8. The van der Waals surface area contributed by atoms with Crippen molar-refractivity contribution in [3.8, 4) is 5.88 Å². The summed E-state index contributed by atoms with van der Waals surface area (Å²) < 4.78 is 5.63. The van der Waals surface area contributed by atoms with E-state index >= 15 is 0 Å². The monoisotopic (exact) mass is 375 g/mol. The van der Waals surface area contributed by atoms with E-state index in [1.165, 1.54) is 6.20 Å². The van der Waals surface area contributed by atoms with Crippen molar-refractivity contribution >= 4 is 11.8 Å². The smallest absolute Gasteiger partial charge is 0.251 e. The first-order valence-corrected chi connectivity index (χ1v) is 8.92. The summed E-state index contributed by atoms with van der Waals surface area (Å²) in [5.74, 6) is -0.265. The topological polar surface area (TPSA) is 80.3 Å². The lowest BCUT2D eigenvalue weighted by Gasteiger charge is -2.09. The Hall–Kier alpha value is -3.67. The van der Waals surface area contributed by atoms with E-state index < -0.39 is 0 Å². The van der Waals surface area contributed by atoms with E-state index in [0.717, 1.165) is 11.1 Å². The molecule has 0 aliphatic heterocycles. The van der Waals surface area contributed by atoms with Gasteiger partial charge in [0.05, 0.1) is 6.54 Å². The SMILES string of the molecule is O=C(CNC(=O)c1ccnc(OCc2ccccc2)c1)NCc1ccccc1. The molecule has 2 N–H and O–H groups in total. The summed E-state index contributed by atoms with van der Waals surface area (Å²) in [6.45, 7) is 0.678. The van der Waals surface area contributed by atoms with Crippen LogP contribution in [0.15, 0.2) is 79.0 Å². The van der Waals surface area contributed by atoms with Gasteiger partial charge in [-0.25, -0.2) is 4.98 Å². The van der Waals surface area contributed by atoms with Crippen LogP contribution < -0.4 is 15.4 Å². The molecule has 2 amide bonds. The van der Waals surface area contributed by atoms with Gasteiger partial charge < -0.3 is 15.4 Å². The predicted molar refractivity (Wildman–Crippen MR) is 106 cm³/mol. The lowest BCUT2D eigenvalue weighted by atomic mass is 10.2. The Balaban J connectivity index is 1.46. The molecule has 0 fully saturated rings. The minimum absolute atomic E-state index is 0.103. The molecule has 142 valence electrons. The van der Waals surface area contributed by atoms with Gasteiger partial charge >= 0.3 is 0 Å². The summed E-state index contributed by atoms with van der Waals surface area (Å²) >= 11 is 0. The van der Waals surface area contributed by atoms with Crippen LogP contribution in [-0.4, -0.2) is 23.3 Å². The Morgan fingerprint density at radius 1 is 0.857 bits per heavy atom. The molecule has 0 radical (unpaired) electrons. The van der Waals surface area contributed by atoms with Crippen molar-refractivity contribution in [1.82, 2.24) is 15.6 Å². The molecule has 0 aliphatic rings. The summed E-state index contributed by atoms with van der Waals surface area (Å²) in [4.78, 5) is 28.3. The van der Waals surface area contributed by atoms with Crippen molar-refractivity contribution in [2.24, 2.45) is 0 Å². The minimum Gasteiger partial charge on any atom is -0.473 e. The van der Waals surface area contributed by atoms with E-state index in [1.807, 2.05) is 60.7 Å². The maximum atomic E-state index is 12.3. The number of amides is 2. The highest BCUT2D eigenvalue weighted by Gasteiger charge is 2.10. The number of hydrogen-bond donors (Lipinski definition) is 2. The third-order valence-electron chi connectivity index (χ3n) is 3.97. The Bertz CT molecular complexity index is 915. The van der Waals surface area contributed by atoms with Gasteiger partial charge in [-0.15, -0.1) is 0 Å². The zero-order chi connectivity index (χ0) is 19.6. The normalized spacial score (nSPS) is 10.1. The molecule has 28 heavy (non-hydrogen) atoms. The molecular weight excluding hydrogens is 354 g/mol. The van der Waals surface area contributed by atoms with Crippen LogP contribution >= 0.6 is 0 Å². The van der Waals surface area contributed by atoms with Crippen molar-refractivity contribution in [2.75, 3.05) is 6.54 Å². The molecule has 0 unspecified atom stereocenters. The summed E-state index contributed by atoms with van der Waals surface area (Å²) in [6, 6.07) is 22.4. The van der Waals surface area contributed by atoms with E-state index in [2.05, 4.69) is 15.6 Å². The van der Waals surface area contributed by atoms with Gasteiger partial charge in [-0.05, 0) is 17.2 Å². The molecule has 0 spiro atoms. The third kappa shape index (κ3) is 5.95. The van der Waals surface area contributed by atoms with Crippen molar-refractivity contribution in [1.29, 1.82) is 0 Å². The Labute approximate surface area is 163 Å². The van der Waals surface area contributed by atoms with Crippen LogP contribution in [0.25, 0.3) is 0 Å². The van der Waals surface area contributed by atoms with Gasteiger partial charge in [-0.3, -0.25) is 9.59 Å². The highest BCUT2D eigenvalue weighted by Crippen LogP contribution is 2.11. The standard InChI is InChI=1S/C22H21N3O3/c26-20(24-14-17-7-3-1-4-8-17)15-25-22(27)19-11-12-23-21(13-19)28-16-18-9-5-2-6-10-18/h1-13H,14-16H2,(H,24,26)(H,25,27). The average molecular weight is 375 g/mol. The van der Waals surface area contributed by atoms with Crippen LogP contribution in [-0.2, 0) is 17.9 Å². The highest BCUT2D eigenvalue weighted by molar-refractivity contribution is 5.96. The van der Waals surface area contributed by atoms with E-state index in [0.29, 0.717) is 24.6 Å². The minimum atomic E-state index is -0.359. The quantitative estimate of drug-likeness (QED) is 0.634. The highest BCUT2D eigenvalue weighted by atomic mass is 16.5. The number of pyridine rings is 1. The molecule has 2 aromatic carbocycles. The van der Waals surface area contributed by atoms with Crippen LogP contribution in [0.1, 0.15) is 21.5 Å². The van der Waals surface area contributed by atoms with E-state index in [1.54, 1.807) is 12.1 Å². The molecule has 6 heteroatoms. The number of benzene rings is 2. The molecule has 6 nitrogen and oxygen atoms in total. The third-order valence-corrected chi connectivity index (χ3v) is 3.97. The Kier molecular flexibility index (Phi) is 6.73. The van der Waals surface area contributed by atoms with E-state index in [9.17, 15) is 9.59 Å². The van der Waals surface area contributed by atoms with Gasteiger partial charge in [-0.1, -0.05) is 60.7 Å². The molecule has 3 rings (SSSR count). The first-order valence-electron chi connectivity index (χ1n) is 8.92. The number of nitrogens with one attached hydrogen (secondary N) is 2. The zero-order valence-electron chi connectivity index (χ0n) is 15.3. The van der Waals surface area contributed by atoms with Crippen molar-refractivity contribution in [3.05, 3.63) is 95.7 Å². The first kappa shape index (κ1) is 19.1. The van der Waals surface area contributed by atoms with Gasteiger partial charge in [-0.2, -0.15) is 0 Å². The van der Waals surface area contributed by atoms with Crippen LogP contribution in [0.2, 0.25) is 0 Å². The Morgan fingerprint density at radius 3 is 2.25 bits per heavy atom. The van der Waals surface area contributed by atoms with Gasteiger partial charge in [0.2, 0.25) is 11.8 Å². The largest absolute Gasteiger partial charge is 0.473 e. The summed E-state index contributed by atoms with van der Waals surface area (Å²) in [7, 11) is 0. The fraction of sp³-hybridized carbons (Fsp3) is 0.136. The van der Waals surface area contributed by atoms with Crippen LogP contribution in [0.3, 0.4) is 0 Å². The van der Waals surface area contributed by atoms with E-state index in [-0.39, 0.29) is 18.4 Å². The van der Waals surface area contributed by atoms with Crippen LogP contribution in [0.5, 0.6) is 5.88 Å². The number of nitrogens with zero attached hydrogens (tertiary/aromatic N) is 1. The molecule has 0 bridgehead atoms. The zero-order valence-corrected chi connectivity index (χ0v) is 15.3. The number of ether oxygens (including phenoxy) is 1. The second-order valence-electron chi connectivity index (χ2n) is 6.10. The summed E-state index contributed by atoms with van der Waals surface area (Å²) in [5.41, 5.74) is 2.39. The van der Waals surface area contributed by atoms with Crippen LogP contribution in [0.4, 0.5) is 0 Å². The van der Waals surface area contributed by atoms with Gasteiger partial charge in [0.1, 0.15) is 6.61 Å². The summed E-state index contributed by atoms with van der Waals surface area (Å²) in [6.07, 6.45) is 1.50. The van der Waals surface area contributed by atoms with Crippen molar-refractivity contribution in [3.63, 3.8) is 0 Å². The maximum Gasteiger partial charge on any atom is 0.251 e. The van der Waals surface area contributed by atoms with Gasteiger partial charge in [0.15, 0.2) is 0 Å². The number of hydrogen-bond acceptors (Lipinski definition) is 4. The fourth-order valence-corrected chi connectivity index (χ4v) is 2.48. The predicted octanol–water partition coefficient (Wildman–Crippen LogP) is 2.71. The lowest BCUT2D eigenvalue weighted by molar-refractivity contribution is -0.120. The second-order valence-corrected chi connectivity index (χ2v) is 6.10. The molecule has 1 aromatic heterocycles. The Morgan fingerprint density at radius 2 is 1.54 bits per heavy atom. The summed E-state index contributed by atoms with van der Waals surface area (Å²) in [5, 5.41) is 5.37. The lowest BCUT2D eigenvalue weighted by Crippen LogP contribution is -2.36. The first-order chi connectivity index (χ1) is 13.7. The number of carbonyl (C=O) groups excluding carboxylic acids is 2. The van der Waals surface area contributed by atoms with Crippen molar-refractivity contribution in [2.45, 2.75) is 13.2 Å². The number of aromatic nitrogens is 1. The van der Waals surface area contributed by atoms with Crippen LogP contribution in [0, 0.1) is 0 Å². The molecule has 0 saturated heterocycles. The molecular formula is C22H21N3O3. The molecule has 0 atom stereocenters. The number of carbonyl (C=O) groups is 2. The van der Waals surface area contributed by atoms with Crippen molar-refractivity contribution < 1.29 is 14.3 Å². The van der Waals surface area contributed by atoms with Gasteiger partial charge in [0, 0.05) is 24.4 Å². The van der Waals surface area contributed by atoms with E-state index in [4.69, 9.17) is 4.74 Å². The molecule has 1 heterocycles. The molecule has 0 saturated carbocycles. The maximum absolute atomic E-state index is 12.3. The average Bonchev–Trinajstić information content (AvgIpc) is 2.76. The molecule has 0 aliphatic carbocycles. The fourth-order valence-electron chi connectivity index (χ4n) is 2.48. The molecule has 3 aromatic rings.